The minimum Gasteiger partial charge on any atom is -0.326 e. The van der Waals surface area contributed by atoms with Gasteiger partial charge in [0, 0.05) is 25.8 Å². The summed E-state index contributed by atoms with van der Waals surface area (Å²) >= 11 is 0. The summed E-state index contributed by atoms with van der Waals surface area (Å²) in [7, 11) is 1.80. The molecule has 0 aliphatic rings. The van der Waals surface area contributed by atoms with Crippen LogP contribution in [0.4, 0.5) is 5.69 Å². The van der Waals surface area contributed by atoms with Crippen molar-refractivity contribution >= 4 is 11.6 Å². The molecule has 0 atom stereocenters. The number of hydrogen-bond donors (Lipinski definition) is 1. The highest BCUT2D eigenvalue weighted by molar-refractivity contribution is 6.05. The van der Waals surface area contributed by atoms with Crippen molar-refractivity contribution in [2.75, 3.05) is 11.4 Å². The van der Waals surface area contributed by atoms with Crippen LogP contribution in [-0.2, 0) is 20.0 Å². The summed E-state index contributed by atoms with van der Waals surface area (Å²) in [5.41, 5.74) is 9.07. The van der Waals surface area contributed by atoms with E-state index in [9.17, 15) is 4.79 Å². The van der Waals surface area contributed by atoms with Crippen LogP contribution < -0.4 is 10.6 Å². The molecule has 0 aliphatic carbocycles. The molecule has 1 aromatic heterocycles. The maximum atomic E-state index is 12.7. The summed E-state index contributed by atoms with van der Waals surface area (Å²) in [4.78, 5) is 14.5. The molecular formula is C16H22N4O. The summed E-state index contributed by atoms with van der Waals surface area (Å²) in [6.07, 6.45) is 0.818. The Hall–Kier alpha value is -2.14. The molecule has 2 N–H and O–H groups in total. The van der Waals surface area contributed by atoms with Gasteiger partial charge in [-0.05, 0) is 37.1 Å². The van der Waals surface area contributed by atoms with Crippen molar-refractivity contribution in [1.82, 2.24) is 9.78 Å². The Balaban J connectivity index is 2.30. The lowest BCUT2D eigenvalue weighted by Gasteiger charge is -2.21. The van der Waals surface area contributed by atoms with E-state index in [1.807, 2.05) is 44.2 Å². The summed E-state index contributed by atoms with van der Waals surface area (Å²) in [5, 5.41) is 4.34. The van der Waals surface area contributed by atoms with Crippen LogP contribution in [0.25, 0.3) is 0 Å². The number of nitrogens with two attached hydrogens (primary N) is 1. The van der Waals surface area contributed by atoms with E-state index in [1.54, 1.807) is 16.6 Å². The van der Waals surface area contributed by atoms with Crippen molar-refractivity contribution in [1.29, 1.82) is 0 Å². The highest BCUT2D eigenvalue weighted by Gasteiger charge is 2.20. The molecule has 5 heteroatoms. The molecule has 1 amide bonds. The Bertz CT molecular complexity index is 616. The highest BCUT2D eigenvalue weighted by atomic mass is 16.2. The minimum absolute atomic E-state index is 0.0345. The molecule has 1 aromatic carbocycles. The molecule has 5 nitrogen and oxygen atoms in total. The van der Waals surface area contributed by atoms with E-state index in [0.29, 0.717) is 18.8 Å². The molecule has 0 fully saturated rings. The fraction of sp³-hybridized carbons (Fsp3) is 0.375. The molecule has 0 radical (unpaired) electrons. The SMILES string of the molecule is CCc1cc(C(=O)N(CC)c2ccc(CN)cc2)n(C)n1. The monoisotopic (exact) mass is 286 g/mol. The lowest BCUT2D eigenvalue weighted by Crippen LogP contribution is -2.32. The fourth-order valence-corrected chi connectivity index (χ4v) is 2.29. The second-order valence-corrected chi connectivity index (χ2v) is 4.92. The molecule has 0 spiro atoms. The van der Waals surface area contributed by atoms with Crippen LogP contribution in [-0.4, -0.2) is 22.2 Å². The van der Waals surface area contributed by atoms with Crippen molar-refractivity contribution in [3.63, 3.8) is 0 Å². The Kier molecular flexibility index (Phi) is 4.75. The van der Waals surface area contributed by atoms with Gasteiger partial charge in [0.2, 0.25) is 0 Å². The van der Waals surface area contributed by atoms with Crippen molar-refractivity contribution in [2.45, 2.75) is 26.8 Å². The van der Waals surface area contributed by atoms with Gasteiger partial charge in [-0.15, -0.1) is 0 Å². The molecule has 0 saturated heterocycles. The van der Waals surface area contributed by atoms with E-state index in [4.69, 9.17) is 5.73 Å². The fourth-order valence-electron chi connectivity index (χ4n) is 2.29. The van der Waals surface area contributed by atoms with Gasteiger partial charge in [0.25, 0.3) is 5.91 Å². The molecule has 112 valence electrons. The van der Waals surface area contributed by atoms with E-state index < -0.39 is 0 Å². The number of carbonyl (C=O) groups is 1. The zero-order chi connectivity index (χ0) is 15.4. The smallest absolute Gasteiger partial charge is 0.276 e. The normalized spacial score (nSPS) is 10.7. The van der Waals surface area contributed by atoms with Gasteiger partial charge >= 0.3 is 0 Å². The first-order chi connectivity index (χ1) is 10.1. The van der Waals surface area contributed by atoms with E-state index in [1.165, 1.54) is 0 Å². The first kappa shape index (κ1) is 15.3. The van der Waals surface area contributed by atoms with E-state index in [0.717, 1.165) is 23.4 Å². The summed E-state index contributed by atoms with van der Waals surface area (Å²) in [6.45, 7) is 5.10. The molecule has 0 unspecified atom stereocenters. The highest BCUT2D eigenvalue weighted by Crippen LogP contribution is 2.18. The summed E-state index contributed by atoms with van der Waals surface area (Å²) < 4.78 is 1.65. The number of anilines is 1. The van der Waals surface area contributed by atoms with Gasteiger partial charge in [0.1, 0.15) is 5.69 Å². The second kappa shape index (κ2) is 6.54. The maximum Gasteiger partial charge on any atom is 0.276 e. The molecule has 2 aromatic rings. The Morgan fingerprint density at radius 2 is 1.95 bits per heavy atom. The molecule has 2 rings (SSSR count). The molecule has 0 bridgehead atoms. The quantitative estimate of drug-likeness (QED) is 0.915. The number of amides is 1. The van der Waals surface area contributed by atoms with Crippen molar-refractivity contribution in [2.24, 2.45) is 12.8 Å². The lowest BCUT2D eigenvalue weighted by atomic mass is 10.2. The number of aryl methyl sites for hydroxylation is 2. The first-order valence-corrected chi connectivity index (χ1v) is 7.24. The van der Waals surface area contributed by atoms with Crippen molar-refractivity contribution in [3.8, 4) is 0 Å². The van der Waals surface area contributed by atoms with Crippen LogP contribution >= 0.6 is 0 Å². The third kappa shape index (κ3) is 3.13. The van der Waals surface area contributed by atoms with Gasteiger partial charge in [-0.3, -0.25) is 9.48 Å². The molecule has 0 aliphatic heterocycles. The molecule has 0 saturated carbocycles. The Morgan fingerprint density at radius 3 is 2.43 bits per heavy atom. The third-order valence-electron chi connectivity index (χ3n) is 3.56. The first-order valence-electron chi connectivity index (χ1n) is 7.24. The van der Waals surface area contributed by atoms with Gasteiger partial charge in [-0.25, -0.2) is 0 Å². The average molecular weight is 286 g/mol. The molecule has 21 heavy (non-hydrogen) atoms. The number of nitrogens with zero attached hydrogens (tertiary/aromatic N) is 3. The van der Waals surface area contributed by atoms with Crippen LogP contribution in [0, 0.1) is 0 Å². The lowest BCUT2D eigenvalue weighted by molar-refractivity contribution is 0.0979. The van der Waals surface area contributed by atoms with Gasteiger partial charge in [0.15, 0.2) is 0 Å². The predicted octanol–water partition coefficient (Wildman–Crippen LogP) is 2.11. The number of carbonyl (C=O) groups excluding carboxylic acids is 1. The van der Waals surface area contributed by atoms with Crippen LogP contribution in [0.1, 0.15) is 35.6 Å². The second-order valence-electron chi connectivity index (χ2n) is 4.92. The topological polar surface area (TPSA) is 64.2 Å². The Labute approximate surface area is 125 Å². The number of hydrogen-bond acceptors (Lipinski definition) is 3. The van der Waals surface area contributed by atoms with Crippen LogP contribution in [0.15, 0.2) is 30.3 Å². The average Bonchev–Trinajstić information content (AvgIpc) is 2.89. The van der Waals surface area contributed by atoms with Crippen molar-refractivity contribution < 1.29 is 4.79 Å². The minimum atomic E-state index is -0.0345. The zero-order valence-corrected chi connectivity index (χ0v) is 12.8. The molecular weight excluding hydrogens is 264 g/mol. The van der Waals surface area contributed by atoms with Crippen LogP contribution in [0.2, 0.25) is 0 Å². The van der Waals surface area contributed by atoms with Gasteiger partial charge in [-0.2, -0.15) is 5.10 Å². The summed E-state index contributed by atoms with van der Waals surface area (Å²) in [5.74, 6) is -0.0345. The number of benzene rings is 1. The zero-order valence-electron chi connectivity index (χ0n) is 12.8. The van der Waals surface area contributed by atoms with Gasteiger partial charge < -0.3 is 10.6 Å². The van der Waals surface area contributed by atoms with Crippen LogP contribution in [0.5, 0.6) is 0 Å². The van der Waals surface area contributed by atoms with Crippen molar-refractivity contribution in [3.05, 3.63) is 47.3 Å². The predicted molar refractivity (Wildman–Crippen MR) is 84.3 cm³/mol. The number of aromatic nitrogens is 2. The standard InChI is InChI=1S/C16H22N4O/c1-4-13-10-15(19(3)18-13)16(21)20(5-2)14-8-6-12(11-17)7-9-14/h6-10H,4-5,11,17H2,1-3H3. The Morgan fingerprint density at radius 1 is 1.29 bits per heavy atom. The largest absolute Gasteiger partial charge is 0.326 e. The molecule has 1 heterocycles. The maximum absolute atomic E-state index is 12.7. The van der Waals surface area contributed by atoms with E-state index in [-0.39, 0.29) is 5.91 Å². The van der Waals surface area contributed by atoms with Gasteiger partial charge in [0.05, 0.1) is 5.69 Å². The van der Waals surface area contributed by atoms with Gasteiger partial charge in [-0.1, -0.05) is 19.1 Å². The number of rotatable bonds is 5. The third-order valence-corrected chi connectivity index (χ3v) is 3.56. The van der Waals surface area contributed by atoms with E-state index >= 15 is 0 Å². The summed E-state index contributed by atoms with van der Waals surface area (Å²) in [6, 6.07) is 9.62. The van der Waals surface area contributed by atoms with Crippen LogP contribution in [0.3, 0.4) is 0 Å². The van der Waals surface area contributed by atoms with E-state index in [2.05, 4.69) is 5.10 Å².